The first-order valence-electron chi connectivity index (χ1n) is 3.69. The number of aromatic nitrogens is 1. The molecular weight excluding hydrogens is 231 g/mol. The first-order valence-corrected chi connectivity index (χ1v) is 4.44. The number of rotatable bonds is 0. The van der Waals surface area contributed by atoms with Gasteiger partial charge in [-0.2, -0.15) is 0 Å². The van der Waals surface area contributed by atoms with Crippen LogP contribution in [-0.4, -0.2) is 4.98 Å². The van der Waals surface area contributed by atoms with E-state index in [1.54, 1.807) is 0 Å². The van der Waals surface area contributed by atoms with Crippen LogP contribution in [0.25, 0.3) is 10.8 Å². The molecule has 1 nitrogen and oxygen atoms in total. The van der Waals surface area contributed by atoms with Gasteiger partial charge in [0.15, 0.2) is 11.6 Å². The summed E-state index contributed by atoms with van der Waals surface area (Å²) in [5, 5.41) is 0.976. The zero-order valence-corrected chi connectivity index (χ0v) is 8.20. The van der Waals surface area contributed by atoms with E-state index in [1.165, 1.54) is 6.07 Å². The lowest BCUT2D eigenvalue weighted by molar-refractivity contribution is 0.511. The summed E-state index contributed by atoms with van der Waals surface area (Å²) in [6.07, 6.45) is 0. The zero-order chi connectivity index (χ0) is 10.3. The van der Waals surface area contributed by atoms with Crippen LogP contribution in [0.4, 0.5) is 8.78 Å². The molecule has 0 fully saturated rings. The number of fused-ring (bicyclic) bond motifs is 1. The maximum absolute atomic E-state index is 12.8. The van der Waals surface area contributed by atoms with E-state index in [4.69, 9.17) is 23.2 Å². The largest absolute Gasteiger partial charge is 0.224 e. The summed E-state index contributed by atoms with van der Waals surface area (Å²) in [6.45, 7) is 0. The molecule has 0 unspecified atom stereocenters. The van der Waals surface area contributed by atoms with E-state index in [0.717, 1.165) is 12.1 Å². The highest BCUT2D eigenvalue weighted by Crippen LogP contribution is 2.26. The smallest absolute Gasteiger partial charge is 0.159 e. The summed E-state index contributed by atoms with van der Waals surface area (Å²) in [4.78, 5) is 3.71. The van der Waals surface area contributed by atoms with Crippen molar-refractivity contribution in [2.24, 2.45) is 0 Å². The Balaban J connectivity index is 2.89. The van der Waals surface area contributed by atoms with Crippen LogP contribution < -0.4 is 0 Å². The molecule has 0 atom stereocenters. The van der Waals surface area contributed by atoms with E-state index in [0.29, 0.717) is 10.8 Å². The van der Waals surface area contributed by atoms with Crippen molar-refractivity contribution in [3.05, 3.63) is 40.1 Å². The maximum atomic E-state index is 12.8. The standard InChI is InChI=1S/C9H3Cl2F2N/c10-8-2-4-1-6(12)7(13)3-5(4)9(11)14-8/h1-3H. The number of pyridine rings is 1. The summed E-state index contributed by atoms with van der Waals surface area (Å²) in [5.41, 5.74) is 0. The lowest BCUT2D eigenvalue weighted by Crippen LogP contribution is -1.87. The number of halogens is 4. The zero-order valence-electron chi connectivity index (χ0n) is 6.69. The highest BCUT2D eigenvalue weighted by Gasteiger charge is 2.08. The fourth-order valence-corrected chi connectivity index (χ4v) is 1.67. The van der Waals surface area contributed by atoms with Gasteiger partial charge in [0.1, 0.15) is 10.3 Å². The number of nitrogens with zero attached hydrogens (tertiary/aromatic N) is 1. The Morgan fingerprint density at radius 1 is 1.00 bits per heavy atom. The van der Waals surface area contributed by atoms with Gasteiger partial charge in [0.25, 0.3) is 0 Å². The van der Waals surface area contributed by atoms with E-state index < -0.39 is 11.6 Å². The highest BCUT2D eigenvalue weighted by molar-refractivity contribution is 6.36. The summed E-state index contributed by atoms with van der Waals surface area (Å²) in [6, 6.07) is 3.45. The minimum absolute atomic E-state index is 0.0615. The van der Waals surface area contributed by atoms with E-state index in [9.17, 15) is 8.78 Å². The third-order valence-electron chi connectivity index (χ3n) is 1.79. The first kappa shape index (κ1) is 9.62. The third kappa shape index (κ3) is 1.53. The van der Waals surface area contributed by atoms with Gasteiger partial charge < -0.3 is 0 Å². The molecule has 0 aliphatic carbocycles. The molecule has 0 spiro atoms. The molecule has 1 aromatic carbocycles. The minimum Gasteiger partial charge on any atom is -0.224 e. The molecule has 72 valence electrons. The van der Waals surface area contributed by atoms with Crippen molar-refractivity contribution in [1.29, 1.82) is 0 Å². The molecule has 0 saturated heterocycles. The van der Waals surface area contributed by atoms with Crippen molar-refractivity contribution in [3.63, 3.8) is 0 Å². The van der Waals surface area contributed by atoms with E-state index in [-0.39, 0.29) is 10.3 Å². The quantitative estimate of drug-likeness (QED) is 0.631. The monoisotopic (exact) mass is 233 g/mol. The lowest BCUT2D eigenvalue weighted by Gasteiger charge is -2.01. The van der Waals surface area contributed by atoms with Gasteiger partial charge in [0.2, 0.25) is 0 Å². The second-order valence-corrected chi connectivity index (χ2v) is 3.47. The molecule has 5 heteroatoms. The van der Waals surface area contributed by atoms with Crippen LogP contribution in [0.1, 0.15) is 0 Å². The maximum Gasteiger partial charge on any atom is 0.159 e. The molecule has 0 radical (unpaired) electrons. The van der Waals surface area contributed by atoms with Crippen molar-refractivity contribution >= 4 is 34.0 Å². The summed E-state index contributed by atoms with van der Waals surface area (Å²) < 4.78 is 25.7. The van der Waals surface area contributed by atoms with Gasteiger partial charge in [0.05, 0.1) is 0 Å². The van der Waals surface area contributed by atoms with Gasteiger partial charge in [-0.15, -0.1) is 0 Å². The molecule has 0 N–H and O–H groups in total. The van der Waals surface area contributed by atoms with Crippen LogP contribution >= 0.6 is 23.2 Å². The van der Waals surface area contributed by atoms with Crippen molar-refractivity contribution in [2.75, 3.05) is 0 Å². The van der Waals surface area contributed by atoms with Gasteiger partial charge >= 0.3 is 0 Å². The van der Waals surface area contributed by atoms with Crippen LogP contribution in [-0.2, 0) is 0 Å². The van der Waals surface area contributed by atoms with Crippen LogP contribution in [0.3, 0.4) is 0 Å². The predicted octanol–water partition coefficient (Wildman–Crippen LogP) is 3.82. The number of hydrogen-bond donors (Lipinski definition) is 0. The van der Waals surface area contributed by atoms with E-state index >= 15 is 0 Å². The predicted molar refractivity (Wildman–Crippen MR) is 51.7 cm³/mol. The second-order valence-electron chi connectivity index (χ2n) is 2.72. The number of hydrogen-bond acceptors (Lipinski definition) is 1. The Morgan fingerprint density at radius 3 is 2.36 bits per heavy atom. The molecular formula is C9H3Cl2F2N. The Bertz CT molecular complexity index is 514. The molecule has 14 heavy (non-hydrogen) atoms. The fourth-order valence-electron chi connectivity index (χ4n) is 1.17. The normalized spacial score (nSPS) is 10.9. The molecule has 0 aliphatic heterocycles. The van der Waals surface area contributed by atoms with Crippen LogP contribution in [0, 0.1) is 11.6 Å². The van der Waals surface area contributed by atoms with Crippen LogP contribution in [0.5, 0.6) is 0 Å². The molecule has 2 rings (SSSR count). The van der Waals surface area contributed by atoms with Gasteiger partial charge in [-0.25, -0.2) is 13.8 Å². The van der Waals surface area contributed by atoms with Crippen molar-refractivity contribution in [1.82, 2.24) is 4.98 Å². The van der Waals surface area contributed by atoms with Crippen molar-refractivity contribution < 1.29 is 8.78 Å². The SMILES string of the molecule is Fc1cc2cc(Cl)nc(Cl)c2cc1F. The Kier molecular flexibility index (Phi) is 2.29. The van der Waals surface area contributed by atoms with Gasteiger partial charge in [-0.3, -0.25) is 0 Å². The molecule has 0 aliphatic rings. The highest BCUT2D eigenvalue weighted by atomic mass is 35.5. The Hall–Kier alpha value is -0.930. The first-order chi connectivity index (χ1) is 6.58. The van der Waals surface area contributed by atoms with Gasteiger partial charge in [0, 0.05) is 5.39 Å². The fraction of sp³-hybridized carbons (Fsp3) is 0. The van der Waals surface area contributed by atoms with Gasteiger partial charge in [-0.1, -0.05) is 23.2 Å². The second kappa shape index (κ2) is 3.33. The average Bonchev–Trinajstić information content (AvgIpc) is 2.08. The Labute approximate surface area is 88.3 Å². The minimum atomic E-state index is -0.955. The van der Waals surface area contributed by atoms with E-state index in [1.807, 2.05) is 0 Å². The lowest BCUT2D eigenvalue weighted by atomic mass is 10.2. The summed E-state index contributed by atoms with van der Waals surface area (Å²) >= 11 is 11.3. The molecule has 2 aromatic rings. The van der Waals surface area contributed by atoms with Crippen LogP contribution in [0.2, 0.25) is 10.3 Å². The van der Waals surface area contributed by atoms with E-state index in [2.05, 4.69) is 4.98 Å². The van der Waals surface area contributed by atoms with Gasteiger partial charge in [-0.05, 0) is 23.6 Å². The third-order valence-corrected chi connectivity index (χ3v) is 2.28. The molecule has 0 amide bonds. The van der Waals surface area contributed by atoms with Crippen LogP contribution in [0.15, 0.2) is 18.2 Å². The molecule has 1 heterocycles. The molecule has 0 saturated carbocycles. The average molecular weight is 234 g/mol. The number of benzene rings is 1. The summed E-state index contributed by atoms with van der Waals surface area (Å²) in [7, 11) is 0. The molecule has 1 aromatic heterocycles. The van der Waals surface area contributed by atoms with Crippen molar-refractivity contribution in [3.8, 4) is 0 Å². The topological polar surface area (TPSA) is 12.9 Å². The molecule has 0 bridgehead atoms. The van der Waals surface area contributed by atoms with Crippen molar-refractivity contribution in [2.45, 2.75) is 0 Å². The summed E-state index contributed by atoms with van der Waals surface area (Å²) in [5.74, 6) is -1.89. The Morgan fingerprint density at radius 2 is 1.64 bits per heavy atom.